The fraction of sp³-hybridized carbons (Fsp3) is 0.286. The summed E-state index contributed by atoms with van der Waals surface area (Å²) in [5.41, 5.74) is 1.59. The van der Waals surface area contributed by atoms with Crippen LogP contribution in [0, 0.1) is 0 Å². The maximum Gasteiger partial charge on any atom is 0.410 e. The van der Waals surface area contributed by atoms with Gasteiger partial charge in [0.25, 0.3) is 5.91 Å². The molecule has 0 saturated carbocycles. The highest BCUT2D eigenvalue weighted by molar-refractivity contribution is 5.99. The van der Waals surface area contributed by atoms with Crippen molar-refractivity contribution in [3.05, 3.63) is 108 Å². The molecule has 1 aliphatic rings. The third-order valence-electron chi connectivity index (χ3n) is 7.16. The first-order valence-corrected chi connectivity index (χ1v) is 14.5. The fourth-order valence-corrected chi connectivity index (χ4v) is 5.08. The Morgan fingerprint density at radius 3 is 2.30 bits per heavy atom. The second-order valence-corrected chi connectivity index (χ2v) is 11.6. The number of carbonyl (C=O) groups excluding carboxylic acids is 3. The molecule has 1 saturated heterocycles. The molecular weight excluding hydrogens is 542 g/mol. The number of piperazine rings is 1. The molecule has 0 bridgehead atoms. The summed E-state index contributed by atoms with van der Waals surface area (Å²) in [5, 5.41) is 5.10. The van der Waals surface area contributed by atoms with Gasteiger partial charge in [0.1, 0.15) is 24.5 Å². The Labute approximate surface area is 252 Å². The maximum absolute atomic E-state index is 13.5. The number of nitrogens with one attached hydrogen (secondary N) is 1. The third-order valence-corrected chi connectivity index (χ3v) is 7.16. The Kier molecular flexibility index (Phi) is 8.95. The molecule has 4 aromatic rings. The van der Waals surface area contributed by atoms with Gasteiger partial charge in [0, 0.05) is 24.3 Å². The van der Waals surface area contributed by atoms with Gasteiger partial charge in [-0.1, -0.05) is 60.7 Å². The lowest BCUT2D eigenvalue weighted by Gasteiger charge is -2.41. The second kappa shape index (κ2) is 13.0. The number of ether oxygens (including phenoxy) is 2. The molecule has 1 heterocycles. The molecule has 1 N–H and O–H groups in total. The van der Waals surface area contributed by atoms with Crippen LogP contribution in [0.5, 0.6) is 5.75 Å². The molecule has 1 fully saturated rings. The molecule has 1 aliphatic heterocycles. The minimum Gasteiger partial charge on any atom is -0.491 e. The molecule has 0 aliphatic carbocycles. The number of benzene rings is 4. The Morgan fingerprint density at radius 2 is 1.58 bits per heavy atom. The van der Waals surface area contributed by atoms with E-state index in [-0.39, 0.29) is 31.5 Å². The van der Waals surface area contributed by atoms with E-state index < -0.39 is 17.7 Å². The zero-order chi connectivity index (χ0) is 30.4. The quantitative estimate of drug-likeness (QED) is 0.283. The van der Waals surface area contributed by atoms with Gasteiger partial charge in [-0.05, 0) is 79.9 Å². The largest absolute Gasteiger partial charge is 0.491 e. The SMILES string of the molecule is CC(C)(C)OC(=O)N1CC(=O)N(c2ccc(C(=O)NCCc3ccccc3)cc2)[C@@H](COc2ccc3ccccc3c2)C1. The highest BCUT2D eigenvalue weighted by Gasteiger charge is 2.38. The topological polar surface area (TPSA) is 88.2 Å². The predicted molar refractivity (Wildman–Crippen MR) is 167 cm³/mol. The molecule has 43 heavy (non-hydrogen) atoms. The molecule has 8 heteroatoms. The van der Waals surface area contributed by atoms with Crippen LogP contribution in [-0.4, -0.2) is 60.7 Å². The lowest BCUT2D eigenvalue weighted by Crippen LogP contribution is -2.60. The highest BCUT2D eigenvalue weighted by atomic mass is 16.6. The Morgan fingerprint density at radius 1 is 0.884 bits per heavy atom. The lowest BCUT2D eigenvalue weighted by molar-refractivity contribution is -0.122. The van der Waals surface area contributed by atoms with Crippen molar-refractivity contribution in [2.75, 3.05) is 31.1 Å². The van der Waals surface area contributed by atoms with Crippen molar-refractivity contribution < 1.29 is 23.9 Å². The second-order valence-electron chi connectivity index (χ2n) is 11.6. The zero-order valence-electron chi connectivity index (χ0n) is 24.8. The number of amides is 3. The van der Waals surface area contributed by atoms with E-state index in [1.807, 2.05) is 72.8 Å². The minimum absolute atomic E-state index is 0.122. The molecule has 4 aromatic carbocycles. The molecule has 0 radical (unpaired) electrons. The van der Waals surface area contributed by atoms with E-state index in [2.05, 4.69) is 5.32 Å². The van der Waals surface area contributed by atoms with Gasteiger partial charge in [-0.2, -0.15) is 0 Å². The average Bonchev–Trinajstić information content (AvgIpc) is 2.99. The molecule has 0 aromatic heterocycles. The van der Waals surface area contributed by atoms with Crippen molar-refractivity contribution in [1.29, 1.82) is 0 Å². The summed E-state index contributed by atoms with van der Waals surface area (Å²) in [4.78, 5) is 42.3. The van der Waals surface area contributed by atoms with E-state index in [9.17, 15) is 14.4 Å². The number of carbonyl (C=O) groups is 3. The number of anilines is 1. The fourth-order valence-electron chi connectivity index (χ4n) is 5.08. The molecule has 5 rings (SSSR count). The van der Waals surface area contributed by atoms with E-state index in [0.717, 1.165) is 22.8 Å². The van der Waals surface area contributed by atoms with Gasteiger partial charge in [0.05, 0.1) is 6.04 Å². The van der Waals surface area contributed by atoms with Gasteiger partial charge in [0.15, 0.2) is 0 Å². The van der Waals surface area contributed by atoms with Crippen LogP contribution in [0.15, 0.2) is 97.1 Å². The van der Waals surface area contributed by atoms with Gasteiger partial charge in [-0.25, -0.2) is 4.79 Å². The van der Waals surface area contributed by atoms with E-state index in [0.29, 0.717) is 23.5 Å². The van der Waals surface area contributed by atoms with E-state index in [4.69, 9.17) is 9.47 Å². The first-order valence-electron chi connectivity index (χ1n) is 14.5. The van der Waals surface area contributed by atoms with Gasteiger partial charge in [-0.15, -0.1) is 0 Å². The number of hydrogen-bond acceptors (Lipinski definition) is 5. The molecule has 8 nitrogen and oxygen atoms in total. The number of hydrogen-bond donors (Lipinski definition) is 1. The van der Waals surface area contributed by atoms with Crippen molar-refractivity contribution in [3.8, 4) is 5.75 Å². The molecule has 1 atom stereocenters. The first kappa shape index (κ1) is 29.6. The summed E-state index contributed by atoms with van der Waals surface area (Å²) in [6.45, 7) is 6.17. The van der Waals surface area contributed by atoms with Crippen molar-refractivity contribution in [3.63, 3.8) is 0 Å². The highest BCUT2D eigenvalue weighted by Crippen LogP contribution is 2.26. The number of rotatable bonds is 8. The van der Waals surface area contributed by atoms with Gasteiger partial charge >= 0.3 is 6.09 Å². The first-order chi connectivity index (χ1) is 20.7. The Balaban J connectivity index is 1.30. The summed E-state index contributed by atoms with van der Waals surface area (Å²) in [5.74, 6) is 0.229. The van der Waals surface area contributed by atoms with Crippen LogP contribution >= 0.6 is 0 Å². The van der Waals surface area contributed by atoms with E-state index >= 15 is 0 Å². The Bertz CT molecular complexity index is 1580. The van der Waals surface area contributed by atoms with Gasteiger partial charge in [-0.3, -0.25) is 14.5 Å². The predicted octanol–water partition coefficient (Wildman–Crippen LogP) is 5.84. The van der Waals surface area contributed by atoms with Crippen molar-refractivity contribution in [1.82, 2.24) is 10.2 Å². The van der Waals surface area contributed by atoms with Crippen LogP contribution in [0.4, 0.5) is 10.5 Å². The van der Waals surface area contributed by atoms with Gasteiger partial charge in [0.2, 0.25) is 5.91 Å². The number of fused-ring (bicyclic) bond motifs is 1. The average molecular weight is 580 g/mol. The molecular formula is C35H37N3O5. The van der Waals surface area contributed by atoms with Crippen molar-refractivity contribution in [2.45, 2.75) is 38.8 Å². The van der Waals surface area contributed by atoms with Crippen molar-refractivity contribution in [2.24, 2.45) is 0 Å². The third kappa shape index (κ3) is 7.71. The van der Waals surface area contributed by atoms with Crippen LogP contribution in [0.1, 0.15) is 36.7 Å². The van der Waals surface area contributed by atoms with E-state index in [1.165, 1.54) is 4.90 Å². The summed E-state index contributed by atoms with van der Waals surface area (Å²) in [7, 11) is 0. The maximum atomic E-state index is 13.5. The van der Waals surface area contributed by atoms with Crippen LogP contribution in [0.25, 0.3) is 10.8 Å². The standard InChI is InChI=1S/C35H37N3O5/c1-35(2,3)43-34(41)37-22-30(24-42-31-18-15-26-11-7-8-12-28(26)21-31)38(32(39)23-37)29-16-13-27(14-17-29)33(40)36-20-19-25-9-5-4-6-10-25/h4-18,21,30H,19-20,22-24H2,1-3H3,(H,36,40)/t30-/m1/s1. The molecule has 0 unspecified atom stereocenters. The minimum atomic E-state index is -0.689. The zero-order valence-corrected chi connectivity index (χ0v) is 24.8. The Hall–Kier alpha value is -4.85. The summed E-state index contributed by atoms with van der Waals surface area (Å²) in [6, 6.07) is 30.3. The van der Waals surface area contributed by atoms with Crippen LogP contribution < -0.4 is 15.0 Å². The molecule has 0 spiro atoms. The van der Waals surface area contributed by atoms with Crippen LogP contribution in [-0.2, 0) is 16.0 Å². The smallest absolute Gasteiger partial charge is 0.410 e. The summed E-state index contributed by atoms with van der Waals surface area (Å²) < 4.78 is 11.7. The molecule has 3 amide bonds. The summed E-state index contributed by atoms with van der Waals surface area (Å²) in [6.07, 6.45) is 0.193. The summed E-state index contributed by atoms with van der Waals surface area (Å²) >= 11 is 0. The van der Waals surface area contributed by atoms with Crippen LogP contribution in [0.2, 0.25) is 0 Å². The molecule has 222 valence electrons. The monoisotopic (exact) mass is 579 g/mol. The number of nitrogens with zero attached hydrogens (tertiary/aromatic N) is 2. The normalized spacial score (nSPS) is 15.3. The van der Waals surface area contributed by atoms with E-state index in [1.54, 1.807) is 49.9 Å². The van der Waals surface area contributed by atoms with Crippen LogP contribution in [0.3, 0.4) is 0 Å². The van der Waals surface area contributed by atoms with Gasteiger partial charge < -0.3 is 19.7 Å². The van der Waals surface area contributed by atoms with Crippen molar-refractivity contribution >= 4 is 34.4 Å². The lowest BCUT2D eigenvalue weighted by atomic mass is 10.1.